The first-order chi connectivity index (χ1) is 29.3. The Labute approximate surface area is 352 Å². The van der Waals surface area contributed by atoms with Gasteiger partial charge >= 0.3 is 0 Å². The molecular weight excluding hydrogens is 721 g/mol. The molecule has 0 bridgehead atoms. The molecule has 0 heterocycles. The smallest absolute Gasteiger partial charge is 0.0159 e. The first-order valence-corrected chi connectivity index (χ1v) is 21.3. The molecule has 0 aromatic heterocycles. The van der Waals surface area contributed by atoms with Gasteiger partial charge in [0.2, 0.25) is 0 Å². The average Bonchev–Trinajstić information content (AvgIpc) is 3.67. The van der Waals surface area contributed by atoms with Crippen molar-refractivity contribution in [1.82, 2.24) is 0 Å². The Kier molecular flexibility index (Phi) is 7.42. The van der Waals surface area contributed by atoms with Crippen LogP contribution in [0.25, 0.3) is 99.1 Å². The molecule has 0 heteroatoms. The van der Waals surface area contributed by atoms with Crippen molar-refractivity contribution in [3.63, 3.8) is 0 Å². The van der Waals surface area contributed by atoms with Gasteiger partial charge in [-0.05, 0) is 140 Å². The molecule has 0 saturated heterocycles. The molecular formula is C60H44. The molecule has 2 aliphatic carbocycles. The summed E-state index contributed by atoms with van der Waals surface area (Å²) in [5.41, 5.74) is 20.9. The molecule has 0 unspecified atom stereocenters. The second kappa shape index (κ2) is 12.7. The Hall–Kier alpha value is -7.02. The van der Waals surface area contributed by atoms with E-state index in [1.54, 1.807) is 0 Å². The Balaban J connectivity index is 1.15. The van der Waals surface area contributed by atoms with Gasteiger partial charge < -0.3 is 0 Å². The minimum absolute atomic E-state index is 0.0743. The Bertz CT molecular complexity index is 3410. The molecule has 0 amide bonds. The van der Waals surface area contributed by atoms with E-state index in [1.807, 2.05) is 0 Å². The van der Waals surface area contributed by atoms with Gasteiger partial charge in [0.25, 0.3) is 0 Å². The summed E-state index contributed by atoms with van der Waals surface area (Å²) in [4.78, 5) is 0. The molecule has 284 valence electrons. The van der Waals surface area contributed by atoms with Crippen LogP contribution in [-0.2, 0) is 10.8 Å². The SMILES string of the molecule is CC1(C)c2ccccc2-c2ccc(-c3ccc4c(-c5ccc(-c6ccccc6)c6ccccc56)c5ccccc5c(-c5ccc6c(c5)C(C)(C)c5ccccc5-6)c4c3)cc21. The monoisotopic (exact) mass is 764 g/mol. The second-order valence-corrected chi connectivity index (χ2v) is 18.0. The summed E-state index contributed by atoms with van der Waals surface area (Å²) in [5.74, 6) is 0. The number of benzene rings is 10. The molecule has 10 aromatic carbocycles. The fourth-order valence-electron chi connectivity index (χ4n) is 11.1. The van der Waals surface area contributed by atoms with E-state index < -0.39 is 0 Å². The molecule has 10 aromatic rings. The van der Waals surface area contributed by atoms with Crippen LogP contribution >= 0.6 is 0 Å². The van der Waals surface area contributed by atoms with E-state index >= 15 is 0 Å². The van der Waals surface area contributed by atoms with Gasteiger partial charge in [-0.2, -0.15) is 0 Å². The molecule has 0 atom stereocenters. The summed E-state index contributed by atoms with van der Waals surface area (Å²) in [6.45, 7) is 9.52. The van der Waals surface area contributed by atoms with Crippen LogP contribution in [0.4, 0.5) is 0 Å². The van der Waals surface area contributed by atoms with Gasteiger partial charge in [-0.3, -0.25) is 0 Å². The zero-order valence-corrected chi connectivity index (χ0v) is 34.5. The van der Waals surface area contributed by atoms with E-state index in [9.17, 15) is 0 Å². The minimum atomic E-state index is -0.104. The molecule has 0 N–H and O–H groups in total. The van der Waals surface area contributed by atoms with Crippen molar-refractivity contribution in [2.75, 3.05) is 0 Å². The Morgan fingerprint density at radius 3 is 1.30 bits per heavy atom. The van der Waals surface area contributed by atoms with E-state index in [-0.39, 0.29) is 10.8 Å². The summed E-state index contributed by atoms with van der Waals surface area (Å²) in [5, 5.41) is 7.61. The Morgan fingerprint density at radius 1 is 0.233 bits per heavy atom. The highest BCUT2D eigenvalue weighted by molar-refractivity contribution is 6.24. The van der Waals surface area contributed by atoms with Gasteiger partial charge in [0.1, 0.15) is 0 Å². The fraction of sp³-hybridized carbons (Fsp3) is 0.100. The first-order valence-electron chi connectivity index (χ1n) is 21.3. The molecule has 0 fully saturated rings. The van der Waals surface area contributed by atoms with Gasteiger partial charge in [-0.1, -0.05) is 204 Å². The lowest BCUT2D eigenvalue weighted by Gasteiger charge is -2.24. The number of fused-ring (bicyclic) bond motifs is 9. The largest absolute Gasteiger partial charge is 0.0622 e. The topological polar surface area (TPSA) is 0 Å². The summed E-state index contributed by atoms with van der Waals surface area (Å²) in [7, 11) is 0. The van der Waals surface area contributed by atoms with Crippen molar-refractivity contribution in [3.05, 3.63) is 216 Å². The lowest BCUT2D eigenvalue weighted by atomic mass is 9.79. The molecule has 12 rings (SSSR count). The molecule has 0 aliphatic heterocycles. The predicted molar refractivity (Wildman–Crippen MR) is 256 cm³/mol. The average molecular weight is 765 g/mol. The third kappa shape index (κ3) is 4.91. The number of hydrogen-bond acceptors (Lipinski definition) is 0. The standard InChI is InChI=1S/C60H44/c1-59(2)53-24-14-12-20-44(53)46-29-26-39(35-55(46)59)38-27-31-51-52(34-38)57(40-28-30-47-45-21-13-15-25-54(45)60(3,4)56(47)36-40)48-22-10-11-23-49(48)58(51)50-33-32-41(37-16-6-5-7-17-37)42-18-8-9-19-43(42)50/h5-36H,1-4H3. The van der Waals surface area contributed by atoms with Crippen LogP contribution in [0.3, 0.4) is 0 Å². The predicted octanol–water partition coefficient (Wildman–Crippen LogP) is 16.4. The van der Waals surface area contributed by atoms with Crippen LogP contribution in [0.1, 0.15) is 49.9 Å². The maximum absolute atomic E-state index is 2.50. The van der Waals surface area contributed by atoms with E-state index in [0.29, 0.717) is 0 Å². The molecule has 0 saturated carbocycles. The van der Waals surface area contributed by atoms with Crippen LogP contribution in [0.5, 0.6) is 0 Å². The number of rotatable bonds is 4. The number of hydrogen-bond donors (Lipinski definition) is 0. The van der Waals surface area contributed by atoms with Crippen LogP contribution in [0, 0.1) is 0 Å². The van der Waals surface area contributed by atoms with Crippen molar-refractivity contribution in [2.24, 2.45) is 0 Å². The van der Waals surface area contributed by atoms with E-state index in [1.165, 1.54) is 121 Å². The van der Waals surface area contributed by atoms with Crippen LogP contribution in [0.15, 0.2) is 194 Å². The van der Waals surface area contributed by atoms with Gasteiger partial charge in [0.15, 0.2) is 0 Å². The van der Waals surface area contributed by atoms with E-state index in [4.69, 9.17) is 0 Å². The highest BCUT2D eigenvalue weighted by atomic mass is 14.4. The second-order valence-electron chi connectivity index (χ2n) is 18.0. The van der Waals surface area contributed by atoms with Gasteiger partial charge in [0, 0.05) is 10.8 Å². The Morgan fingerprint density at radius 2 is 0.650 bits per heavy atom. The lowest BCUT2D eigenvalue weighted by molar-refractivity contribution is 0.660. The third-order valence-electron chi connectivity index (χ3n) is 14.1. The van der Waals surface area contributed by atoms with Gasteiger partial charge in [-0.15, -0.1) is 0 Å². The molecule has 2 aliphatic rings. The fourth-order valence-corrected chi connectivity index (χ4v) is 11.1. The summed E-state index contributed by atoms with van der Waals surface area (Å²) in [6.07, 6.45) is 0. The normalized spacial score (nSPS) is 14.3. The van der Waals surface area contributed by atoms with Crippen molar-refractivity contribution in [2.45, 2.75) is 38.5 Å². The van der Waals surface area contributed by atoms with Crippen LogP contribution in [0.2, 0.25) is 0 Å². The van der Waals surface area contributed by atoms with Gasteiger partial charge in [-0.25, -0.2) is 0 Å². The highest BCUT2D eigenvalue weighted by Gasteiger charge is 2.37. The maximum Gasteiger partial charge on any atom is 0.0159 e. The van der Waals surface area contributed by atoms with Crippen molar-refractivity contribution >= 4 is 32.3 Å². The van der Waals surface area contributed by atoms with E-state index in [0.717, 1.165) is 0 Å². The molecule has 60 heavy (non-hydrogen) atoms. The van der Waals surface area contributed by atoms with Crippen molar-refractivity contribution in [1.29, 1.82) is 0 Å². The van der Waals surface area contributed by atoms with Crippen molar-refractivity contribution < 1.29 is 0 Å². The molecule has 0 radical (unpaired) electrons. The quantitative estimate of drug-likeness (QED) is 0.157. The summed E-state index contributed by atoms with van der Waals surface area (Å²) in [6, 6.07) is 73.2. The summed E-state index contributed by atoms with van der Waals surface area (Å²) >= 11 is 0. The first kappa shape index (κ1) is 35.0. The maximum atomic E-state index is 2.50. The van der Waals surface area contributed by atoms with Crippen LogP contribution < -0.4 is 0 Å². The minimum Gasteiger partial charge on any atom is -0.0622 e. The summed E-state index contributed by atoms with van der Waals surface area (Å²) < 4.78 is 0. The highest BCUT2D eigenvalue weighted by Crippen LogP contribution is 2.53. The molecule has 0 nitrogen and oxygen atoms in total. The zero-order valence-electron chi connectivity index (χ0n) is 34.5. The zero-order chi connectivity index (χ0) is 40.3. The third-order valence-corrected chi connectivity index (χ3v) is 14.1. The van der Waals surface area contributed by atoms with Crippen molar-refractivity contribution in [3.8, 4) is 66.8 Å². The van der Waals surface area contributed by atoms with Crippen LogP contribution in [-0.4, -0.2) is 0 Å². The van der Waals surface area contributed by atoms with E-state index in [2.05, 4.69) is 222 Å². The molecule has 0 spiro atoms. The lowest BCUT2D eigenvalue weighted by Crippen LogP contribution is -2.14. The van der Waals surface area contributed by atoms with Gasteiger partial charge in [0.05, 0.1) is 0 Å².